The molecular weight excluding hydrogens is 538 g/mol. The van der Waals surface area contributed by atoms with Crippen LogP contribution in [0.3, 0.4) is 0 Å². The van der Waals surface area contributed by atoms with Crippen LogP contribution in [-0.4, -0.2) is 52.0 Å². The highest BCUT2D eigenvalue weighted by molar-refractivity contribution is 7.99. The van der Waals surface area contributed by atoms with Crippen LogP contribution in [0.2, 0.25) is 0 Å². The molecule has 0 aliphatic heterocycles. The molecule has 3 aromatic heterocycles. The zero-order valence-electron chi connectivity index (χ0n) is 22.5. The number of ether oxygens (including phenoxy) is 3. The summed E-state index contributed by atoms with van der Waals surface area (Å²) >= 11 is 2.55. The van der Waals surface area contributed by atoms with Crippen molar-refractivity contribution in [2.75, 3.05) is 26.6 Å². The number of nitrogens with one attached hydrogen (secondary N) is 1. The van der Waals surface area contributed by atoms with Gasteiger partial charge in [0, 0.05) is 35.4 Å². The number of aromatic amines is 1. The Morgan fingerprint density at radius 2 is 2.03 bits per heavy atom. The third-order valence-electron chi connectivity index (χ3n) is 6.34. The maximum atomic E-state index is 13.7. The number of benzene rings is 1. The number of thioether (sulfide) groups is 1. The lowest BCUT2D eigenvalue weighted by molar-refractivity contribution is -0.0985. The van der Waals surface area contributed by atoms with Gasteiger partial charge in [-0.1, -0.05) is 23.9 Å². The van der Waals surface area contributed by atoms with Crippen LogP contribution in [0.5, 0.6) is 11.5 Å². The minimum Gasteiger partial charge on any atom is -0.493 e. The summed E-state index contributed by atoms with van der Waals surface area (Å²) in [5.41, 5.74) is 3.62. The number of ketones is 1. The molecule has 0 amide bonds. The van der Waals surface area contributed by atoms with Crippen molar-refractivity contribution >= 4 is 39.1 Å². The molecule has 39 heavy (non-hydrogen) atoms. The molecule has 0 aliphatic rings. The van der Waals surface area contributed by atoms with E-state index in [1.165, 1.54) is 27.7 Å². The second-order valence-corrected chi connectivity index (χ2v) is 10.5. The maximum Gasteiger partial charge on any atom is 0.263 e. The first-order valence-electron chi connectivity index (χ1n) is 12.3. The van der Waals surface area contributed by atoms with E-state index in [0.29, 0.717) is 56.0 Å². The van der Waals surface area contributed by atoms with E-state index in [9.17, 15) is 14.7 Å². The molecule has 0 aliphatic carbocycles. The van der Waals surface area contributed by atoms with E-state index in [1.54, 1.807) is 47.1 Å². The first-order valence-corrected chi connectivity index (χ1v) is 14.1. The van der Waals surface area contributed by atoms with Gasteiger partial charge in [-0.15, -0.1) is 17.9 Å². The fraction of sp³-hybridized carbons (Fsp3) is 0.321. The summed E-state index contributed by atoms with van der Waals surface area (Å²) in [5.74, 6) is 1.03. The number of aliphatic hydroxyl groups is 1. The third kappa shape index (κ3) is 5.53. The zero-order chi connectivity index (χ0) is 28.3. The van der Waals surface area contributed by atoms with Gasteiger partial charge in [-0.25, -0.2) is 4.98 Å². The van der Waals surface area contributed by atoms with Gasteiger partial charge in [-0.3, -0.25) is 14.2 Å². The summed E-state index contributed by atoms with van der Waals surface area (Å²) in [4.78, 5) is 35.3. The number of nitrogens with zero attached hydrogens (tertiary/aromatic N) is 2. The Labute approximate surface area is 234 Å². The normalized spacial score (nSPS) is 12.1. The lowest BCUT2D eigenvalue weighted by Crippen LogP contribution is -2.23. The van der Waals surface area contributed by atoms with E-state index >= 15 is 0 Å². The summed E-state index contributed by atoms with van der Waals surface area (Å²) in [6.45, 7) is 9.74. The fourth-order valence-corrected chi connectivity index (χ4v) is 6.35. The molecule has 1 unspecified atom stereocenters. The number of carbonyl (C=O) groups excluding carboxylic acids is 1. The molecule has 3 heterocycles. The molecule has 1 aromatic carbocycles. The molecule has 9 nitrogen and oxygen atoms in total. The topological polar surface area (TPSA) is 116 Å². The molecule has 4 rings (SSSR count). The van der Waals surface area contributed by atoms with Crippen LogP contribution >= 0.6 is 23.1 Å². The number of aromatic nitrogens is 3. The average molecular weight is 570 g/mol. The molecule has 0 radical (unpaired) electrons. The number of H-pyrrole nitrogens is 1. The SMILES string of the molecule is C=CCn1c(SCC(=O)c2[nH]c(C)c(C(O)OCC)c2C)nc2scc(-c3ccc(OC)c(OC)c3)c2c1=O. The molecular formula is C28H31N3O6S2. The van der Waals surface area contributed by atoms with Gasteiger partial charge in [-0.05, 0) is 44.0 Å². The zero-order valence-corrected chi connectivity index (χ0v) is 24.1. The van der Waals surface area contributed by atoms with Crippen molar-refractivity contribution < 1.29 is 24.1 Å². The molecule has 206 valence electrons. The predicted molar refractivity (Wildman–Crippen MR) is 155 cm³/mol. The second kappa shape index (κ2) is 12.2. The molecule has 0 fully saturated rings. The summed E-state index contributed by atoms with van der Waals surface area (Å²) in [7, 11) is 3.13. The van der Waals surface area contributed by atoms with Crippen LogP contribution in [0.25, 0.3) is 21.3 Å². The highest BCUT2D eigenvalue weighted by Crippen LogP contribution is 2.37. The predicted octanol–water partition coefficient (Wildman–Crippen LogP) is 5.28. The van der Waals surface area contributed by atoms with Crippen LogP contribution in [-0.2, 0) is 11.3 Å². The quantitative estimate of drug-likeness (QED) is 0.0779. The molecule has 0 saturated heterocycles. The lowest BCUT2D eigenvalue weighted by Gasteiger charge is -2.12. The van der Waals surface area contributed by atoms with Crippen molar-refractivity contribution in [2.24, 2.45) is 0 Å². The lowest BCUT2D eigenvalue weighted by atomic mass is 10.1. The Morgan fingerprint density at radius 1 is 1.28 bits per heavy atom. The Bertz CT molecular complexity index is 1590. The van der Waals surface area contributed by atoms with Crippen molar-refractivity contribution in [3.8, 4) is 22.6 Å². The van der Waals surface area contributed by atoms with Gasteiger partial charge in [0.15, 0.2) is 28.7 Å². The van der Waals surface area contributed by atoms with Gasteiger partial charge < -0.3 is 24.3 Å². The van der Waals surface area contributed by atoms with E-state index in [1.807, 2.05) is 17.5 Å². The van der Waals surface area contributed by atoms with Crippen LogP contribution in [0.4, 0.5) is 0 Å². The van der Waals surface area contributed by atoms with Gasteiger partial charge in [0.1, 0.15) is 4.83 Å². The Kier molecular flexibility index (Phi) is 8.96. The minimum absolute atomic E-state index is 0.0496. The number of aliphatic hydroxyl groups excluding tert-OH is 1. The maximum absolute atomic E-state index is 13.7. The van der Waals surface area contributed by atoms with Crippen molar-refractivity contribution in [3.63, 3.8) is 0 Å². The Hall–Kier alpha value is -3.38. The molecule has 1 atom stereocenters. The monoisotopic (exact) mass is 569 g/mol. The van der Waals surface area contributed by atoms with Gasteiger partial charge in [0.2, 0.25) is 0 Å². The van der Waals surface area contributed by atoms with E-state index in [4.69, 9.17) is 19.2 Å². The van der Waals surface area contributed by atoms with Crippen molar-refractivity contribution in [2.45, 2.75) is 38.8 Å². The number of carbonyl (C=O) groups is 1. The van der Waals surface area contributed by atoms with Crippen LogP contribution in [0.1, 0.15) is 40.5 Å². The second-order valence-electron chi connectivity index (χ2n) is 8.68. The highest BCUT2D eigenvalue weighted by atomic mass is 32.2. The van der Waals surface area contributed by atoms with Crippen molar-refractivity contribution in [1.29, 1.82) is 0 Å². The number of hydrogen-bond donors (Lipinski definition) is 2. The fourth-order valence-electron chi connectivity index (χ4n) is 4.48. The average Bonchev–Trinajstić information content (AvgIpc) is 3.49. The van der Waals surface area contributed by atoms with Crippen molar-refractivity contribution in [1.82, 2.24) is 14.5 Å². The largest absolute Gasteiger partial charge is 0.493 e. The smallest absolute Gasteiger partial charge is 0.263 e. The van der Waals surface area contributed by atoms with E-state index < -0.39 is 6.29 Å². The molecule has 0 spiro atoms. The third-order valence-corrected chi connectivity index (χ3v) is 8.19. The van der Waals surface area contributed by atoms with E-state index in [-0.39, 0.29) is 23.6 Å². The summed E-state index contributed by atoms with van der Waals surface area (Å²) in [5, 5.41) is 13.1. The van der Waals surface area contributed by atoms with Gasteiger partial charge in [-0.2, -0.15) is 0 Å². The standard InChI is InChI=1S/C28H31N3O6S2/c1-7-11-31-26(33)23-18(17-9-10-20(35-5)21(12-17)36-6)13-38-25(23)30-28(31)39-14-19(32)24-15(3)22(16(4)29-24)27(34)37-8-2/h7,9-10,12-13,27,29,34H,1,8,11,14H2,2-6H3. The number of thiophene rings is 1. The molecule has 0 saturated carbocycles. The number of hydrogen-bond acceptors (Lipinski definition) is 9. The van der Waals surface area contributed by atoms with Gasteiger partial charge in [0.05, 0.1) is 31.1 Å². The number of rotatable bonds is 12. The van der Waals surface area contributed by atoms with Gasteiger partial charge >= 0.3 is 0 Å². The highest BCUT2D eigenvalue weighted by Gasteiger charge is 2.24. The number of methoxy groups -OCH3 is 2. The first-order chi connectivity index (χ1) is 18.7. The number of fused-ring (bicyclic) bond motifs is 1. The van der Waals surface area contributed by atoms with E-state index in [2.05, 4.69) is 11.6 Å². The van der Waals surface area contributed by atoms with Crippen LogP contribution < -0.4 is 15.0 Å². The Balaban J connectivity index is 1.68. The van der Waals surface area contributed by atoms with Crippen LogP contribution in [0, 0.1) is 13.8 Å². The number of Topliss-reactive ketones (excluding diaryl/α,β-unsaturated/α-hetero) is 1. The summed E-state index contributed by atoms with van der Waals surface area (Å²) in [6, 6.07) is 5.50. The summed E-state index contributed by atoms with van der Waals surface area (Å²) in [6.07, 6.45) is 0.518. The minimum atomic E-state index is -1.11. The van der Waals surface area contributed by atoms with Crippen molar-refractivity contribution in [3.05, 3.63) is 69.1 Å². The van der Waals surface area contributed by atoms with E-state index in [0.717, 1.165) is 11.1 Å². The summed E-state index contributed by atoms with van der Waals surface area (Å²) < 4.78 is 17.6. The molecule has 0 bridgehead atoms. The first kappa shape index (κ1) is 28.6. The van der Waals surface area contributed by atoms with Gasteiger partial charge in [0.25, 0.3) is 5.56 Å². The van der Waals surface area contributed by atoms with Crippen LogP contribution in [0.15, 0.2) is 46.2 Å². The Morgan fingerprint density at radius 3 is 2.69 bits per heavy atom. The number of allylic oxidation sites excluding steroid dienone is 1. The molecule has 11 heteroatoms. The molecule has 4 aromatic rings. The number of aryl methyl sites for hydroxylation is 1. The molecule has 2 N–H and O–H groups in total.